The van der Waals surface area contributed by atoms with Gasteiger partial charge in [0.1, 0.15) is 28.7 Å². The molecule has 40 heavy (non-hydrogen) atoms. The lowest BCUT2D eigenvalue weighted by Crippen LogP contribution is -2.39. The van der Waals surface area contributed by atoms with Crippen LogP contribution in [0.25, 0.3) is 16.8 Å². The van der Waals surface area contributed by atoms with Crippen molar-refractivity contribution >= 4 is 40.6 Å². The summed E-state index contributed by atoms with van der Waals surface area (Å²) in [6.07, 6.45) is 1.84. The van der Waals surface area contributed by atoms with Gasteiger partial charge in [0.15, 0.2) is 0 Å². The third kappa shape index (κ3) is 5.31. The Bertz CT molecular complexity index is 1610. The van der Waals surface area contributed by atoms with Gasteiger partial charge in [0, 0.05) is 55.1 Å². The van der Waals surface area contributed by atoms with Crippen molar-refractivity contribution in [1.82, 2.24) is 24.3 Å². The molecular formula is C27H25ClF3N7O2. The molecule has 1 aliphatic heterocycles. The summed E-state index contributed by atoms with van der Waals surface area (Å²) in [6.45, 7) is 3.07. The minimum Gasteiger partial charge on any atom is -0.382 e. The molecule has 1 saturated heterocycles. The zero-order valence-electron chi connectivity index (χ0n) is 21.4. The quantitative estimate of drug-likeness (QED) is 0.330. The van der Waals surface area contributed by atoms with Crippen molar-refractivity contribution in [3.63, 3.8) is 0 Å². The molecule has 0 saturated carbocycles. The van der Waals surface area contributed by atoms with Crippen molar-refractivity contribution in [2.75, 3.05) is 24.1 Å². The summed E-state index contributed by atoms with van der Waals surface area (Å²) in [5.41, 5.74) is 6.95. The highest BCUT2D eigenvalue weighted by Gasteiger charge is 2.31. The van der Waals surface area contributed by atoms with Crippen LogP contribution >= 0.6 is 11.6 Å². The Balaban J connectivity index is 1.47. The number of likely N-dealkylation sites (tertiary alicyclic amines) is 1. The van der Waals surface area contributed by atoms with Crippen LogP contribution in [0.1, 0.15) is 53.8 Å². The standard InChI is InChI=1S/C27H25ClF3N7O2/c1-2-21(39)37-10-3-4-16(14-37)25-36-22(23-24(32)34-9-11-38(23)25)18-6-5-15(12-19(18)28)26(40)35-20-13-17(7-8-33-20)27(29,30)31/h5-9,11-13,16H,2-4,10,14H2,1H3,(H2,32,34)(H,33,35,40). The van der Waals surface area contributed by atoms with Gasteiger partial charge < -0.3 is 16.0 Å². The number of imidazole rings is 1. The molecule has 5 rings (SSSR count). The SMILES string of the molecule is CCC(=O)N1CCCC(c2nc(-c3ccc(C(=O)Nc4cc(C(F)(F)F)ccn4)cc3Cl)c3c(N)nccn23)C1. The summed E-state index contributed by atoms with van der Waals surface area (Å²) >= 11 is 6.62. The maximum atomic E-state index is 13.0. The molecule has 1 unspecified atom stereocenters. The average molecular weight is 572 g/mol. The molecule has 1 fully saturated rings. The molecular weight excluding hydrogens is 547 g/mol. The molecule has 1 atom stereocenters. The molecule has 1 aromatic carbocycles. The van der Waals surface area contributed by atoms with Crippen LogP contribution in [0.2, 0.25) is 5.02 Å². The number of pyridine rings is 1. The first-order chi connectivity index (χ1) is 19.1. The first-order valence-electron chi connectivity index (χ1n) is 12.6. The number of amides is 2. The maximum Gasteiger partial charge on any atom is 0.416 e. The molecule has 4 aromatic rings. The van der Waals surface area contributed by atoms with Gasteiger partial charge in [0.05, 0.1) is 10.6 Å². The number of carbonyl (C=O) groups is 2. The number of hydrogen-bond acceptors (Lipinski definition) is 6. The fourth-order valence-electron chi connectivity index (χ4n) is 4.91. The number of alkyl halides is 3. The van der Waals surface area contributed by atoms with E-state index in [1.165, 1.54) is 12.1 Å². The molecule has 3 aromatic heterocycles. The average Bonchev–Trinajstić information content (AvgIpc) is 3.33. The number of piperidine rings is 1. The van der Waals surface area contributed by atoms with Crippen LogP contribution in [0.15, 0.2) is 48.9 Å². The van der Waals surface area contributed by atoms with E-state index < -0.39 is 17.6 Å². The number of benzene rings is 1. The number of nitrogen functional groups attached to an aromatic ring is 1. The molecule has 0 radical (unpaired) electrons. The molecule has 0 bridgehead atoms. The van der Waals surface area contributed by atoms with Crippen LogP contribution < -0.4 is 11.1 Å². The molecule has 0 aliphatic carbocycles. The molecule has 208 valence electrons. The van der Waals surface area contributed by atoms with E-state index in [2.05, 4.69) is 15.3 Å². The number of hydrogen-bond donors (Lipinski definition) is 2. The van der Waals surface area contributed by atoms with Gasteiger partial charge in [-0.25, -0.2) is 15.0 Å². The second-order valence-electron chi connectivity index (χ2n) is 9.46. The highest BCUT2D eigenvalue weighted by Crippen LogP contribution is 2.37. The second-order valence-corrected chi connectivity index (χ2v) is 9.87. The van der Waals surface area contributed by atoms with E-state index in [9.17, 15) is 22.8 Å². The first kappa shape index (κ1) is 27.4. The van der Waals surface area contributed by atoms with Gasteiger partial charge in [-0.15, -0.1) is 0 Å². The Morgan fingerprint density at radius 2 is 1.98 bits per heavy atom. The van der Waals surface area contributed by atoms with Crippen molar-refractivity contribution in [3.05, 3.63) is 70.9 Å². The number of nitrogens with one attached hydrogen (secondary N) is 1. The number of carbonyl (C=O) groups excluding carboxylic acids is 2. The molecule has 4 heterocycles. The van der Waals surface area contributed by atoms with Crippen LogP contribution in [0.3, 0.4) is 0 Å². The van der Waals surface area contributed by atoms with Gasteiger partial charge >= 0.3 is 6.18 Å². The lowest BCUT2D eigenvalue weighted by molar-refractivity contribution is -0.137. The minimum atomic E-state index is -4.57. The monoisotopic (exact) mass is 571 g/mol. The van der Waals surface area contributed by atoms with Crippen molar-refractivity contribution in [2.24, 2.45) is 0 Å². The lowest BCUT2D eigenvalue weighted by atomic mass is 9.97. The zero-order chi connectivity index (χ0) is 28.6. The number of anilines is 2. The molecule has 2 amide bonds. The molecule has 13 heteroatoms. The van der Waals surface area contributed by atoms with E-state index >= 15 is 0 Å². The molecule has 1 aliphatic rings. The number of rotatable bonds is 5. The normalized spacial score (nSPS) is 15.8. The third-order valence-electron chi connectivity index (χ3n) is 6.87. The van der Waals surface area contributed by atoms with Crippen LogP contribution in [0, 0.1) is 0 Å². The number of nitrogens with zero attached hydrogens (tertiary/aromatic N) is 5. The Labute approximate surface area is 232 Å². The summed E-state index contributed by atoms with van der Waals surface area (Å²) in [5, 5.41) is 2.56. The van der Waals surface area contributed by atoms with Crippen molar-refractivity contribution in [3.8, 4) is 11.3 Å². The van der Waals surface area contributed by atoms with E-state index in [0.717, 1.165) is 37.0 Å². The molecule has 9 nitrogen and oxygen atoms in total. The Hall–Kier alpha value is -4.19. The van der Waals surface area contributed by atoms with Crippen LogP contribution in [-0.4, -0.2) is 49.2 Å². The largest absolute Gasteiger partial charge is 0.416 e. The Morgan fingerprint density at radius 3 is 2.70 bits per heavy atom. The van der Waals surface area contributed by atoms with Crippen LogP contribution in [0.5, 0.6) is 0 Å². The lowest BCUT2D eigenvalue weighted by Gasteiger charge is -2.32. The van der Waals surface area contributed by atoms with Gasteiger partial charge in [-0.05, 0) is 37.1 Å². The van der Waals surface area contributed by atoms with E-state index in [1.807, 2.05) is 16.2 Å². The summed E-state index contributed by atoms with van der Waals surface area (Å²) in [4.78, 5) is 39.9. The first-order valence-corrected chi connectivity index (χ1v) is 13.0. The third-order valence-corrected chi connectivity index (χ3v) is 7.18. The number of aromatic nitrogens is 4. The van der Waals surface area contributed by atoms with Crippen molar-refractivity contribution < 1.29 is 22.8 Å². The summed E-state index contributed by atoms with van der Waals surface area (Å²) in [6, 6.07) is 6.06. The van der Waals surface area contributed by atoms with Crippen molar-refractivity contribution in [1.29, 1.82) is 0 Å². The molecule has 3 N–H and O–H groups in total. The summed E-state index contributed by atoms with van der Waals surface area (Å²) in [7, 11) is 0. The highest BCUT2D eigenvalue weighted by molar-refractivity contribution is 6.34. The Kier molecular flexibility index (Phi) is 7.37. The van der Waals surface area contributed by atoms with Crippen molar-refractivity contribution in [2.45, 2.75) is 38.3 Å². The molecule has 0 spiro atoms. The number of halogens is 4. The van der Waals surface area contributed by atoms with Gasteiger partial charge in [-0.3, -0.25) is 14.0 Å². The highest BCUT2D eigenvalue weighted by atomic mass is 35.5. The van der Waals surface area contributed by atoms with E-state index in [1.54, 1.807) is 18.5 Å². The van der Waals surface area contributed by atoms with Gasteiger partial charge in [-0.2, -0.15) is 13.2 Å². The van der Waals surface area contributed by atoms with Crippen LogP contribution in [-0.2, 0) is 11.0 Å². The number of fused-ring (bicyclic) bond motifs is 1. The van der Waals surface area contributed by atoms with E-state index in [-0.39, 0.29) is 34.0 Å². The fraction of sp³-hybridized carbons (Fsp3) is 0.296. The summed E-state index contributed by atoms with van der Waals surface area (Å²) < 4.78 is 40.9. The minimum absolute atomic E-state index is 0.0314. The second kappa shape index (κ2) is 10.8. The smallest absolute Gasteiger partial charge is 0.382 e. The number of nitrogens with two attached hydrogens (primary N) is 1. The van der Waals surface area contributed by atoms with Gasteiger partial charge in [0.2, 0.25) is 5.91 Å². The van der Waals surface area contributed by atoms with Crippen LogP contribution in [0.4, 0.5) is 24.8 Å². The predicted molar refractivity (Wildman–Crippen MR) is 144 cm³/mol. The Morgan fingerprint density at radius 1 is 1.18 bits per heavy atom. The topological polar surface area (TPSA) is 119 Å². The fourth-order valence-corrected chi connectivity index (χ4v) is 5.18. The van der Waals surface area contributed by atoms with E-state index in [0.29, 0.717) is 36.3 Å². The van der Waals surface area contributed by atoms with Gasteiger partial charge in [0.25, 0.3) is 5.91 Å². The van der Waals surface area contributed by atoms with Gasteiger partial charge in [-0.1, -0.05) is 24.6 Å². The zero-order valence-corrected chi connectivity index (χ0v) is 22.1. The maximum absolute atomic E-state index is 13.0. The van der Waals surface area contributed by atoms with E-state index in [4.69, 9.17) is 22.3 Å². The predicted octanol–water partition coefficient (Wildman–Crippen LogP) is 5.41. The summed E-state index contributed by atoms with van der Waals surface area (Å²) in [5.74, 6) is 0.0926.